The molecule has 0 spiro atoms. The summed E-state index contributed by atoms with van der Waals surface area (Å²) in [6.07, 6.45) is 4.46. The molecule has 80 valence electrons. The lowest BCUT2D eigenvalue weighted by molar-refractivity contribution is -0.114. The number of Topliss-reactive ketones (excluding diaryl/α,β-unsaturated/α-hetero) is 1. The molecule has 16 heavy (non-hydrogen) atoms. The lowest BCUT2D eigenvalue weighted by atomic mass is 10.2. The smallest absolute Gasteiger partial charge is 0.174 e. The number of hydrogen-bond acceptors (Lipinski definition) is 4. The Labute approximate surface area is 102 Å². The Balaban J connectivity index is 2.11. The first-order chi connectivity index (χ1) is 7.75. The molecule has 3 rings (SSSR count). The van der Waals surface area contributed by atoms with Crippen LogP contribution in [-0.2, 0) is 4.79 Å². The zero-order valence-electron chi connectivity index (χ0n) is 8.40. The van der Waals surface area contributed by atoms with Crippen LogP contribution in [0.5, 0.6) is 0 Å². The van der Waals surface area contributed by atoms with E-state index >= 15 is 0 Å². The minimum absolute atomic E-state index is 0.198. The van der Waals surface area contributed by atoms with E-state index in [4.69, 9.17) is 5.73 Å². The van der Waals surface area contributed by atoms with E-state index in [0.717, 1.165) is 25.3 Å². The Hall–Kier alpha value is -1.13. The van der Waals surface area contributed by atoms with Gasteiger partial charge in [-0.15, -0.1) is 0 Å². The van der Waals surface area contributed by atoms with Crippen molar-refractivity contribution in [1.29, 1.82) is 0 Å². The van der Waals surface area contributed by atoms with Gasteiger partial charge in [-0.1, -0.05) is 41.7 Å². The van der Waals surface area contributed by atoms with Crippen molar-refractivity contribution >= 4 is 35.0 Å². The Kier molecular flexibility index (Phi) is 2.33. The van der Waals surface area contributed by atoms with E-state index in [1.54, 1.807) is 11.8 Å². The summed E-state index contributed by atoms with van der Waals surface area (Å²) in [6, 6.07) is 5.86. The van der Waals surface area contributed by atoms with Crippen LogP contribution in [0.25, 0.3) is 0 Å². The van der Waals surface area contributed by atoms with Gasteiger partial charge in [0.05, 0.1) is 4.91 Å². The van der Waals surface area contributed by atoms with Gasteiger partial charge in [0.15, 0.2) is 5.78 Å². The molecule has 0 unspecified atom stereocenters. The molecule has 2 N–H and O–H groups in total. The number of hydrogen-bond donors (Lipinski definition) is 1. The highest BCUT2D eigenvalue weighted by molar-refractivity contribution is 8.10. The fourth-order valence-electron chi connectivity index (χ4n) is 1.71. The molecule has 2 nitrogen and oxygen atoms in total. The Morgan fingerprint density at radius 2 is 2.12 bits per heavy atom. The van der Waals surface area contributed by atoms with E-state index in [0.29, 0.717) is 6.42 Å². The van der Waals surface area contributed by atoms with Gasteiger partial charge in [-0.3, -0.25) is 4.79 Å². The fraction of sp³-hybridized carbons (Fsp3) is 0.0833. The molecule has 4 heteroatoms. The summed E-state index contributed by atoms with van der Waals surface area (Å²) in [4.78, 5) is 15.8. The van der Waals surface area contributed by atoms with Crippen LogP contribution < -0.4 is 5.73 Å². The highest BCUT2D eigenvalue weighted by Crippen LogP contribution is 2.50. The number of nitrogens with two attached hydrogens (primary N) is 1. The lowest BCUT2D eigenvalue weighted by Crippen LogP contribution is -2.07. The molecule has 1 aliphatic carbocycles. The van der Waals surface area contributed by atoms with Crippen molar-refractivity contribution in [1.82, 2.24) is 0 Å². The van der Waals surface area contributed by atoms with Crippen LogP contribution in [0.1, 0.15) is 6.42 Å². The van der Waals surface area contributed by atoms with Gasteiger partial charge in [0.25, 0.3) is 0 Å². The second kappa shape index (κ2) is 3.71. The van der Waals surface area contributed by atoms with Crippen molar-refractivity contribution in [3.63, 3.8) is 0 Å². The zero-order valence-corrected chi connectivity index (χ0v) is 10.0. The number of anilines is 1. The third-order valence-electron chi connectivity index (χ3n) is 2.48. The van der Waals surface area contributed by atoms with E-state index in [2.05, 4.69) is 0 Å². The number of nitrogen functional groups attached to an aromatic ring is 1. The minimum atomic E-state index is 0.198. The number of carbonyl (C=O) groups excluding carboxylic acids is 1. The molecule has 0 fully saturated rings. The van der Waals surface area contributed by atoms with Crippen LogP contribution >= 0.6 is 23.5 Å². The number of thioether (sulfide) groups is 2. The van der Waals surface area contributed by atoms with Gasteiger partial charge >= 0.3 is 0 Å². The molecular formula is C12H9NOS2. The van der Waals surface area contributed by atoms with Crippen LogP contribution in [0.15, 0.2) is 50.0 Å². The predicted octanol–water partition coefficient (Wildman–Crippen LogP) is 3.21. The van der Waals surface area contributed by atoms with Crippen molar-refractivity contribution in [2.24, 2.45) is 0 Å². The molecule has 1 aromatic rings. The predicted molar refractivity (Wildman–Crippen MR) is 68.4 cm³/mol. The number of allylic oxidation sites excluding steroid dienone is 3. The SMILES string of the molecule is Nc1cccc2c1SC1=C(C=CCC1=O)S2. The van der Waals surface area contributed by atoms with Gasteiger partial charge in [-0.2, -0.15) is 0 Å². The summed E-state index contributed by atoms with van der Waals surface area (Å²) in [5.41, 5.74) is 6.68. The van der Waals surface area contributed by atoms with Gasteiger partial charge in [0.2, 0.25) is 0 Å². The van der Waals surface area contributed by atoms with Gasteiger partial charge < -0.3 is 5.73 Å². The average Bonchev–Trinajstić information content (AvgIpc) is 2.28. The number of carbonyl (C=O) groups is 1. The largest absolute Gasteiger partial charge is 0.398 e. The van der Waals surface area contributed by atoms with Crippen LogP contribution in [-0.4, -0.2) is 5.78 Å². The first kappa shape index (κ1) is 10.1. The molecule has 0 radical (unpaired) electrons. The van der Waals surface area contributed by atoms with Crippen molar-refractivity contribution in [2.45, 2.75) is 16.2 Å². The van der Waals surface area contributed by atoms with Crippen molar-refractivity contribution in [3.05, 3.63) is 40.2 Å². The summed E-state index contributed by atoms with van der Waals surface area (Å²) in [5.74, 6) is 0.198. The molecule has 0 saturated heterocycles. The van der Waals surface area contributed by atoms with Crippen LogP contribution in [0.2, 0.25) is 0 Å². The van der Waals surface area contributed by atoms with Crippen LogP contribution in [0, 0.1) is 0 Å². The molecule has 0 atom stereocenters. The molecule has 0 amide bonds. The molecule has 1 aliphatic heterocycles. The Morgan fingerprint density at radius 1 is 1.25 bits per heavy atom. The highest BCUT2D eigenvalue weighted by atomic mass is 32.2. The van der Waals surface area contributed by atoms with E-state index in [1.807, 2.05) is 30.4 Å². The van der Waals surface area contributed by atoms with Gasteiger partial charge in [-0.05, 0) is 12.1 Å². The van der Waals surface area contributed by atoms with Crippen LogP contribution in [0.3, 0.4) is 0 Å². The summed E-state index contributed by atoms with van der Waals surface area (Å²) in [7, 11) is 0. The number of fused-ring (bicyclic) bond motifs is 1. The van der Waals surface area contributed by atoms with Crippen LogP contribution in [0.4, 0.5) is 5.69 Å². The number of benzene rings is 1. The standard InChI is InChI=1S/C12H9NOS2/c13-7-3-1-5-9-11(7)16-12-8(14)4-2-6-10(12)15-9/h1-3,5-6H,4,13H2. The monoisotopic (exact) mass is 247 g/mol. The second-order valence-corrected chi connectivity index (χ2v) is 5.71. The van der Waals surface area contributed by atoms with Gasteiger partial charge in [-0.25, -0.2) is 0 Å². The maximum absolute atomic E-state index is 11.8. The van der Waals surface area contributed by atoms with Crippen molar-refractivity contribution < 1.29 is 4.79 Å². The Bertz CT molecular complexity index is 546. The summed E-state index contributed by atoms with van der Waals surface area (Å²) in [6.45, 7) is 0. The summed E-state index contributed by atoms with van der Waals surface area (Å²) < 4.78 is 0. The maximum atomic E-state index is 11.8. The van der Waals surface area contributed by atoms with Gasteiger partial charge in [0, 0.05) is 26.8 Å². The molecule has 2 aliphatic rings. The quantitative estimate of drug-likeness (QED) is 0.715. The van der Waals surface area contributed by atoms with E-state index in [1.165, 1.54) is 11.8 Å². The fourth-order valence-corrected chi connectivity index (χ4v) is 4.10. The summed E-state index contributed by atoms with van der Waals surface area (Å²) >= 11 is 3.14. The van der Waals surface area contributed by atoms with E-state index in [-0.39, 0.29) is 5.78 Å². The maximum Gasteiger partial charge on any atom is 0.174 e. The normalized spacial score (nSPS) is 18.4. The van der Waals surface area contributed by atoms with Gasteiger partial charge in [0.1, 0.15) is 0 Å². The molecule has 0 aromatic heterocycles. The summed E-state index contributed by atoms with van der Waals surface area (Å²) in [5, 5.41) is 0. The zero-order chi connectivity index (χ0) is 11.1. The molecule has 0 bridgehead atoms. The van der Waals surface area contributed by atoms with E-state index < -0.39 is 0 Å². The molecule has 1 heterocycles. The van der Waals surface area contributed by atoms with E-state index in [9.17, 15) is 4.79 Å². The lowest BCUT2D eigenvalue weighted by Gasteiger charge is -2.22. The average molecular weight is 247 g/mol. The topological polar surface area (TPSA) is 43.1 Å². The number of rotatable bonds is 0. The highest BCUT2D eigenvalue weighted by Gasteiger charge is 2.25. The first-order valence-electron chi connectivity index (χ1n) is 4.94. The molecule has 0 saturated carbocycles. The third kappa shape index (κ3) is 1.49. The third-order valence-corrected chi connectivity index (χ3v) is 5.17. The van der Waals surface area contributed by atoms with Crippen molar-refractivity contribution in [2.75, 3.05) is 5.73 Å². The second-order valence-electron chi connectivity index (χ2n) is 3.60. The molecular weight excluding hydrogens is 238 g/mol. The first-order valence-corrected chi connectivity index (χ1v) is 6.57. The van der Waals surface area contributed by atoms with Crippen molar-refractivity contribution in [3.8, 4) is 0 Å². The Morgan fingerprint density at radius 3 is 3.00 bits per heavy atom. The minimum Gasteiger partial charge on any atom is -0.398 e. The number of ketones is 1. The molecule has 1 aromatic carbocycles.